The number of rotatable bonds is 7. The van der Waals surface area contributed by atoms with Gasteiger partial charge in [-0.3, -0.25) is 0 Å². The van der Waals surface area contributed by atoms with E-state index in [9.17, 15) is 13.7 Å². The Morgan fingerprint density at radius 1 is 1.20 bits per heavy atom. The predicted octanol–water partition coefficient (Wildman–Crippen LogP) is 2.40. The summed E-state index contributed by atoms with van der Waals surface area (Å²) < 4.78 is 35.6. The van der Waals surface area contributed by atoms with Gasteiger partial charge in [-0.1, -0.05) is 24.3 Å². The minimum atomic E-state index is -3.90. The molecule has 130 valence electrons. The molecule has 0 aliphatic carbocycles. The molecule has 7 heteroatoms. The molecule has 0 amide bonds. The number of ether oxygens (including phenoxy) is 2. The maximum Gasteiger partial charge on any atom is 0.216 e. The van der Waals surface area contributed by atoms with Crippen molar-refractivity contribution < 1.29 is 23.0 Å². The topological polar surface area (TPSA) is 96.6 Å². The smallest absolute Gasteiger partial charge is 0.216 e. The summed E-state index contributed by atoms with van der Waals surface area (Å²) in [7, 11) is -2.45. The fraction of sp³-hybridized carbons (Fsp3) is 0.167. The number of allylic oxidation sites excluding steroid dienone is 1. The van der Waals surface area contributed by atoms with Gasteiger partial charge < -0.3 is 14.6 Å². The van der Waals surface area contributed by atoms with Gasteiger partial charge in [0.1, 0.15) is 17.6 Å². The molecule has 0 saturated carbocycles. The van der Waals surface area contributed by atoms with Crippen molar-refractivity contribution in [2.24, 2.45) is 0 Å². The molecule has 0 spiro atoms. The number of sulfone groups is 1. The minimum absolute atomic E-state index is 0.0534. The van der Waals surface area contributed by atoms with Crippen LogP contribution in [-0.2, 0) is 9.84 Å². The van der Waals surface area contributed by atoms with E-state index in [0.717, 1.165) is 0 Å². The molecule has 0 heterocycles. The Morgan fingerprint density at radius 3 is 2.52 bits per heavy atom. The van der Waals surface area contributed by atoms with Crippen LogP contribution in [0.2, 0.25) is 0 Å². The summed E-state index contributed by atoms with van der Waals surface area (Å²) in [6.07, 6.45) is 1.28. The summed E-state index contributed by atoms with van der Waals surface area (Å²) in [6, 6.07) is 14.3. The first-order chi connectivity index (χ1) is 12.0. The van der Waals surface area contributed by atoms with Crippen LogP contribution in [0, 0.1) is 11.3 Å². The van der Waals surface area contributed by atoms with Crippen molar-refractivity contribution in [3.8, 4) is 17.6 Å². The fourth-order valence-corrected chi connectivity index (χ4v) is 3.28. The average Bonchev–Trinajstić information content (AvgIpc) is 2.65. The third kappa shape index (κ3) is 4.38. The normalized spacial score (nSPS) is 11.6. The second-order valence-electron chi connectivity index (χ2n) is 4.92. The quantitative estimate of drug-likeness (QED) is 0.763. The zero-order valence-corrected chi connectivity index (χ0v) is 14.4. The number of hydrogen-bond acceptors (Lipinski definition) is 6. The number of nitriles is 1. The van der Waals surface area contributed by atoms with Crippen LogP contribution in [0.15, 0.2) is 58.3 Å². The van der Waals surface area contributed by atoms with Crippen molar-refractivity contribution in [1.29, 1.82) is 5.26 Å². The van der Waals surface area contributed by atoms with Crippen LogP contribution in [-0.4, -0.2) is 33.8 Å². The van der Waals surface area contributed by atoms with Gasteiger partial charge in [0.25, 0.3) is 0 Å². The summed E-state index contributed by atoms with van der Waals surface area (Å²) in [4.78, 5) is -0.317. The molecule has 0 aliphatic heterocycles. The maximum absolute atomic E-state index is 12.6. The summed E-state index contributed by atoms with van der Waals surface area (Å²) in [5.41, 5.74) is 0.476. The highest BCUT2D eigenvalue weighted by atomic mass is 32.2. The van der Waals surface area contributed by atoms with Crippen molar-refractivity contribution in [3.05, 3.63) is 59.0 Å². The third-order valence-corrected chi connectivity index (χ3v) is 4.97. The SMILES string of the molecule is COc1cc(C=C(C#N)S(=O)(=O)c2ccccc2)ccc1OCCO. The Bertz CT molecular complexity index is 899. The second kappa shape index (κ2) is 8.33. The molecule has 2 aromatic carbocycles. The molecule has 0 fully saturated rings. The molecule has 0 bridgehead atoms. The molecule has 0 atom stereocenters. The number of hydrogen-bond donors (Lipinski definition) is 1. The molecule has 2 rings (SSSR count). The highest BCUT2D eigenvalue weighted by Crippen LogP contribution is 2.30. The number of benzene rings is 2. The van der Waals surface area contributed by atoms with Crippen LogP contribution in [0.25, 0.3) is 6.08 Å². The van der Waals surface area contributed by atoms with E-state index in [1.54, 1.807) is 42.5 Å². The number of aliphatic hydroxyl groups excluding tert-OH is 1. The molecule has 25 heavy (non-hydrogen) atoms. The van der Waals surface area contributed by atoms with Crippen LogP contribution >= 0.6 is 0 Å². The van der Waals surface area contributed by atoms with Gasteiger partial charge in [0, 0.05) is 0 Å². The molecule has 0 aromatic heterocycles. The maximum atomic E-state index is 12.6. The Hall–Kier alpha value is -2.82. The van der Waals surface area contributed by atoms with Crippen LogP contribution < -0.4 is 9.47 Å². The van der Waals surface area contributed by atoms with Gasteiger partial charge in [-0.2, -0.15) is 5.26 Å². The lowest BCUT2D eigenvalue weighted by molar-refractivity contribution is 0.196. The van der Waals surface area contributed by atoms with E-state index in [0.29, 0.717) is 17.1 Å². The number of methoxy groups -OCH3 is 1. The second-order valence-corrected chi connectivity index (χ2v) is 6.84. The van der Waals surface area contributed by atoms with Gasteiger partial charge in [-0.05, 0) is 35.9 Å². The fourth-order valence-electron chi connectivity index (χ4n) is 2.10. The first-order valence-corrected chi connectivity index (χ1v) is 8.85. The van der Waals surface area contributed by atoms with E-state index in [1.807, 2.05) is 0 Å². The summed E-state index contributed by atoms with van der Waals surface area (Å²) in [5.74, 6) is 0.787. The Balaban J connectivity index is 2.42. The van der Waals surface area contributed by atoms with Crippen molar-refractivity contribution in [2.75, 3.05) is 20.3 Å². The molecular weight excluding hydrogens is 342 g/mol. The first-order valence-electron chi connectivity index (χ1n) is 7.36. The molecule has 0 aliphatic rings. The monoisotopic (exact) mass is 359 g/mol. The lowest BCUT2D eigenvalue weighted by Gasteiger charge is -2.10. The molecule has 6 nitrogen and oxygen atoms in total. The molecular formula is C18H17NO5S. The summed E-state index contributed by atoms with van der Waals surface area (Å²) >= 11 is 0. The van der Waals surface area contributed by atoms with E-state index in [4.69, 9.17) is 14.6 Å². The average molecular weight is 359 g/mol. The molecule has 0 saturated heterocycles. The van der Waals surface area contributed by atoms with Crippen LogP contribution in [0.4, 0.5) is 0 Å². The predicted molar refractivity (Wildman–Crippen MR) is 92.8 cm³/mol. The van der Waals surface area contributed by atoms with Gasteiger partial charge in [0.05, 0.1) is 18.6 Å². The summed E-state index contributed by atoms with van der Waals surface area (Å²) in [5, 5.41) is 18.1. The van der Waals surface area contributed by atoms with Gasteiger partial charge in [0.2, 0.25) is 9.84 Å². The van der Waals surface area contributed by atoms with Crippen molar-refractivity contribution >= 4 is 15.9 Å². The van der Waals surface area contributed by atoms with E-state index >= 15 is 0 Å². The Labute approximate surface area is 146 Å². The summed E-state index contributed by atoms with van der Waals surface area (Å²) in [6.45, 7) is -0.0317. The van der Waals surface area contributed by atoms with Crippen LogP contribution in [0.1, 0.15) is 5.56 Å². The molecule has 2 aromatic rings. The van der Waals surface area contributed by atoms with Gasteiger partial charge in [-0.15, -0.1) is 0 Å². The van der Waals surface area contributed by atoms with E-state index in [2.05, 4.69) is 0 Å². The van der Waals surface area contributed by atoms with Gasteiger partial charge in [-0.25, -0.2) is 8.42 Å². The van der Waals surface area contributed by atoms with Crippen LogP contribution in [0.3, 0.4) is 0 Å². The first kappa shape index (κ1) is 18.5. The molecule has 1 N–H and O–H groups in total. The Kier molecular flexibility index (Phi) is 6.17. The standard InChI is InChI=1S/C18H17NO5S/c1-23-18-12-14(7-8-17(18)24-10-9-20)11-16(13-19)25(21,22)15-5-3-2-4-6-15/h2-8,11-12,20H,9-10H2,1H3. The van der Waals surface area contributed by atoms with Crippen molar-refractivity contribution in [2.45, 2.75) is 4.90 Å². The third-order valence-electron chi connectivity index (χ3n) is 3.29. The van der Waals surface area contributed by atoms with Crippen molar-refractivity contribution in [3.63, 3.8) is 0 Å². The minimum Gasteiger partial charge on any atom is -0.493 e. The van der Waals surface area contributed by atoms with E-state index in [1.165, 1.54) is 25.3 Å². The van der Waals surface area contributed by atoms with E-state index in [-0.39, 0.29) is 23.0 Å². The van der Waals surface area contributed by atoms with E-state index < -0.39 is 9.84 Å². The molecule has 0 unspecified atom stereocenters. The molecule has 0 radical (unpaired) electrons. The van der Waals surface area contributed by atoms with Crippen molar-refractivity contribution in [1.82, 2.24) is 0 Å². The largest absolute Gasteiger partial charge is 0.493 e. The zero-order valence-electron chi connectivity index (χ0n) is 13.5. The Morgan fingerprint density at radius 2 is 1.92 bits per heavy atom. The lowest BCUT2D eigenvalue weighted by atomic mass is 10.2. The number of nitrogens with zero attached hydrogens (tertiary/aromatic N) is 1. The van der Waals surface area contributed by atoms with Gasteiger partial charge in [0.15, 0.2) is 11.5 Å². The van der Waals surface area contributed by atoms with Crippen LogP contribution in [0.5, 0.6) is 11.5 Å². The highest BCUT2D eigenvalue weighted by molar-refractivity contribution is 7.95. The highest BCUT2D eigenvalue weighted by Gasteiger charge is 2.20. The number of aliphatic hydroxyl groups is 1. The zero-order chi connectivity index (χ0) is 18.3. The lowest BCUT2D eigenvalue weighted by Crippen LogP contribution is -2.04. The van der Waals surface area contributed by atoms with Gasteiger partial charge >= 0.3 is 0 Å².